The molecule has 3 aliphatic rings. The van der Waals surface area contributed by atoms with E-state index in [1.807, 2.05) is 30.0 Å². The molecule has 0 N–H and O–H groups in total. The monoisotopic (exact) mass is 405 g/mol. The first-order chi connectivity index (χ1) is 14.6. The molecule has 6 heteroatoms. The number of ether oxygens (including phenoxy) is 2. The highest BCUT2D eigenvalue weighted by Gasteiger charge is 2.51. The van der Waals surface area contributed by atoms with Crippen LogP contribution in [-0.2, 0) is 4.79 Å². The Bertz CT molecular complexity index is 977. The largest absolute Gasteiger partial charge is 0.494 e. The summed E-state index contributed by atoms with van der Waals surface area (Å²) in [7, 11) is 0. The van der Waals surface area contributed by atoms with Gasteiger partial charge in [0, 0.05) is 44.8 Å². The molecule has 5 rings (SSSR count). The number of nitrogens with zero attached hydrogens (tertiary/aromatic N) is 3. The topological polar surface area (TPSA) is 54.4 Å². The van der Waals surface area contributed by atoms with Gasteiger partial charge >= 0.3 is 0 Å². The second-order valence-corrected chi connectivity index (χ2v) is 8.16. The van der Waals surface area contributed by atoms with Crippen molar-refractivity contribution in [2.75, 3.05) is 19.7 Å². The van der Waals surface area contributed by atoms with Crippen LogP contribution >= 0.6 is 0 Å². The number of likely N-dealkylation sites (tertiary alicyclic amines) is 1. The maximum absolute atomic E-state index is 11.8. The van der Waals surface area contributed by atoms with Crippen LogP contribution in [0.1, 0.15) is 50.3 Å². The molecule has 0 saturated carbocycles. The van der Waals surface area contributed by atoms with Gasteiger partial charge in [-0.25, -0.2) is 5.01 Å². The molecular formula is C24H27N3O3. The highest BCUT2D eigenvalue weighted by Crippen LogP contribution is 2.49. The van der Waals surface area contributed by atoms with Gasteiger partial charge in [0.1, 0.15) is 11.5 Å². The molecule has 30 heavy (non-hydrogen) atoms. The van der Waals surface area contributed by atoms with Crippen molar-refractivity contribution in [1.82, 2.24) is 9.91 Å². The summed E-state index contributed by atoms with van der Waals surface area (Å²) in [6.07, 6.45) is 2.33. The number of carbonyl (C=O) groups excluding carboxylic acids is 1. The third kappa shape index (κ3) is 3.11. The number of benzene rings is 2. The van der Waals surface area contributed by atoms with Gasteiger partial charge in [-0.05, 0) is 42.8 Å². The van der Waals surface area contributed by atoms with E-state index in [4.69, 9.17) is 14.6 Å². The minimum absolute atomic E-state index is 0.123. The Hall–Kier alpha value is -3.02. The smallest absolute Gasteiger partial charge is 0.219 e. The summed E-state index contributed by atoms with van der Waals surface area (Å²) < 4.78 is 12.2. The zero-order valence-corrected chi connectivity index (χ0v) is 17.5. The molecule has 6 nitrogen and oxygen atoms in total. The van der Waals surface area contributed by atoms with Crippen LogP contribution in [0.15, 0.2) is 53.6 Å². The van der Waals surface area contributed by atoms with Gasteiger partial charge in [0.2, 0.25) is 11.6 Å². The van der Waals surface area contributed by atoms with E-state index >= 15 is 0 Å². The molecular weight excluding hydrogens is 378 g/mol. The molecule has 1 atom stereocenters. The molecule has 0 radical (unpaired) electrons. The van der Waals surface area contributed by atoms with Gasteiger partial charge in [-0.15, -0.1) is 0 Å². The summed E-state index contributed by atoms with van der Waals surface area (Å²) in [6.45, 7) is 5.66. The summed E-state index contributed by atoms with van der Waals surface area (Å²) in [5.41, 5.74) is 2.86. The predicted molar refractivity (Wildman–Crippen MR) is 115 cm³/mol. The van der Waals surface area contributed by atoms with Crippen LogP contribution in [-0.4, -0.2) is 46.9 Å². The average molecular weight is 405 g/mol. The van der Waals surface area contributed by atoms with Gasteiger partial charge in [0.05, 0.1) is 18.4 Å². The van der Waals surface area contributed by atoms with E-state index in [1.165, 1.54) is 5.56 Å². The number of rotatable bonds is 3. The predicted octanol–water partition coefficient (Wildman–Crippen LogP) is 3.97. The summed E-state index contributed by atoms with van der Waals surface area (Å²) >= 11 is 0. The Balaban J connectivity index is 1.49. The summed E-state index contributed by atoms with van der Waals surface area (Å²) in [5.74, 6) is 1.94. The van der Waals surface area contributed by atoms with E-state index in [0.717, 1.165) is 42.0 Å². The molecule has 2 aromatic rings. The Morgan fingerprint density at radius 1 is 1.17 bits per heavy atom. The van der Waals surface area contributed by atoms with Gasteiger partial charge in [0.15, 0.2) is 0 Å². The lowest BCUT2D eigenvalue weighted by atomic mass is 9.90. The zero-order chi connectivity index (χ0) is 20.7. The number of carbonyl (C=O) groups is 1. The number of para-hydroxylation sites is 1. The first-order valence-electron chi connectivity index (χ1n) is 10.7. The van der Waals surface area contributed by atoms with Crippen LogP contribution in [0.3, 0.4) is 0 Å². The molecule has 0 bridgehead atoms. The van der Waals surface area contributed by atoms with Gasteiger partial charge < -0.3 is 14.4 Å². The van der Waals surface area contributed by atoms with Crippen molar-refractivity contribution >= 4 is 11.6 Å². The van der Waals surface area contributed by atoms with E-state index in [1.54, 1.807) is 6.92 Å². The van der Waals surface area contributed by atoms with Gasteiger partial charge in [-0.1, -0.05) is 18.2 Å². The summed E-state index contributed by atoms with van der Waals surface area (Å²) in [6, 6.07) is 16.6. The van der Waals surface area contributed by atoms with Crippen molar-refractivity contribution < 1.29 is 14.3 Å². The molecule has 3 aliphatic heterocycles. The average Bonchev–Trinajstić information content (AvgIpc) is 3.22. The molecule has 1 unspecified atom stereocenters. The second kappa shape index (κ2) is 7.35. The number of piperidine rings is 1. The molecule has 1 saturated heterocycles. The number of hydrogen-bond acceptors (Lipinski definition) is 5. The Morgan fingerprint density at radius 2 is 1.90 bits per heavy atom. The lowest BCUT2D eigenvalue weighted by Crippen LogP contribution is -2.59. The van der Waals surface area contributed by atoms with Crippen molar-refractivity contribution in [2.24, 2.45) is 5.10 Å². The molecule has 0 aliphatic carbocycles. The number of fused-ring (bicyclic) bond motifs is 4. The van der Waals surface area contributed by atoms with Crippen LogP contribution in [0.25, 0.3) is 0 Å². The van der Waals surface area contributed by atoms with Crippen molar-refractivity contribution in [3.63, 3.8) is 0 Å². The first kappa shape index (κ1) is 19.0. The summed E-state index contributed by atoms with van der Waals surface area (Å²) in [4.78, 5) is 13.7. The Labute approximate surface area is 177 Å². The highest BCUT2D eigenvalue weighted by molar-refractivity contribution is 6.02. The third-order valence-corrected chi connectivity index (χ3v) is 6.39. The minimum Gasteiger partial charge on any atom is -0.494 e. The fraction of sp³-hybridized carbons (Fsp3) is 0.417. The molecule has 1 spiro atoms. The van der Waals surface area contributed by atoms with Crippen molar-refractivity contribution in [3.8, 4) is 11.5 Å². The van der Waals surface area contributed by atoms with E-state index < -0.39 is 5.72 Å². The first-order valence-corrected chi connectivity index (χ1v) is 10.7. The van der Waals surface area contributed by atoms with Crippen molar-refractivity contribution in [3.05, 3.63) is 59.7 Å². The zero-order valence-electron chi connectivity index (χ0n) is 17.5. The van der Waals surface area contributed by atoms with Crippen LogP contribution in [0.5, 0.6) is 11.5 Å². The fourth-order valence-corrected chi connectivity index (χ4v) is 4.82. The standard InChI is InChI=1S/C24H27N3O3/c1-3-29-19-10-8-18(9-11-19)21-16-22-20-6-4-5-7-23(20)30-24(27(22)25-21)12-14-26(15-13-24)17(2)28/h4-11,22H,3,12-16H2,1-2H3. The lowest BCUT2D eigenvalue weighted by Gasteiger charge is -2.51. The third-order valence-electron chi connectivity index (χ3n) is 6.39. The fourth-order valence-electron chi connectivity index (χ4n) is 4.82. The van der Waals surface area contributed by atoms with Crippen molar-refractivity contribution in [2.45, 2.75) is 44.9 Å². The van der Waals surface area contributed by atoms with Gasteiger partial charge in [0.25, 0.3) is 0 Å². The maximum atomic E-state index is 11.8. The van der Waals surface area contributed by atoms with E-state index in [2.05, 4.69) is 35.3 Å². The minimum atomic E-state index is -0.502. The number of hydrogen-bond donors (Lipinski definition) is 0. The van der Waals surface area contributed by atoms with E-state index in [-0.39, 0.29) is 11.9 Å². The Kier molecular flexibility index (Phi) is 4.65. The molecule has 1 amide bonds. The molecule has 2 aromatic carbocycles. The van der Waals surface area contributed by atoms with Gasteiger partial charge in [-0.2, -0.15) is 5.10 Å². The SMILES string of the molecule is CCOc1ccc(C2=NN3C(C2)c2ccccc2OC32CCN(C(C)=O)CC2)cc1. The molecule has 1 fully saturated rings. The Morgan fingerprint density at radius 3 is 2.60 bits per heavy atom. The molecule has 3 heterocycles. The molecule has 0 aromatic heterocycles. The highest BCUT2D eigenvalue weighted by atomic mass is 16.5. The number of amides is 1. The van der Waals surface area contributed by atoms with E-state index in [9.17, 15) is 4.79 Å². The lowest BCUT2D eigenvalue weighted by molar-refractivity contribution is -0.158. The van der Waals surface area contributed by atoms with Crippen LogP contribution < -0.4 is 9.47 Å². The quantitative estimate of drug-likeness (QED) is 0.776. The van der Waals surface area contributed by atoms with Gasteiger partial charge in [-0.3, -0.25) is 4.79 Å². The van der Waals surface area contributed by atoms with E-state index in [0.29, 0.717) is 19.7 Å². The molecule has 156 valence electrons. The normalized spacial score (nSPS) is 21.5. The number of hydrazone groups is 1. The van der Waals surface area contributed by atoms with Crippen LogP contribution in [0.4, 0.5) is 0 Å². The van der Waals surface area contributed by atoms with Crippen molar-refractivity contribution in [1.29, 1.82) is 0 Å². The summed E-state index contributed by atoms with van der Waals surface area (Å²) in [5, 5.41) is 7.26. The van der Waals surface area contributed by atoms with Crippen LogP contribution in [0.2, 0.25) is 0 Å². The van der Waals surface area contributed by atoms with Crippen LogP contribution in [0, 0.1) is 0 Å². The second-order valence-electron chi connectivity index (χ2n) is 8.16. The maximum Gasteiger partial charge on any atom is 0.219 e.